The van der Waals surface area contributed by atoms with Crippen molar-refractivity contribution in [1.82, 2.24) is 19.5 Å². The first-order chi connectivity index (χ1) is 20.2. The Bertz CT molecular complexity index is 1550. The first-order valence-electron chi connectivity index (χ1n) is 13.5. The summed E-state index contributed by atoms with van der Waals surface area (Å²) >= 11 is 1.72. The third-order valence-electron chi connectivity index (χ3n) is 6.99. The van der Waals surface area contributed by atoms with Gasteiger partial charge in [-0.1, -0.05) is 91.0 Å². The summed E-state index contributed by atoms with van der Waals surface area (Å²) in [5.41, 5.74) is 16.5. The lowest BCUT2D eigenvalue weighted by Crippen LogP contribution is -2.38. The van der Waals surface area contributed by atoms with Crippen molar-refractivity contribution in [3.05, 3.63) is 114 Å². The van der Waals surface area contributed by atoms with Crippen molar-refractivity contribution in [3.8, 4) is 0 Å². The number of thioether (sulfide) groups is 1. The largest absolute Gasteiger partial charge is 0.382 e. The molecule has 41 heavy (non-hydrogen) atoms. The van der Waals surface area contributed by atoms with E-state index in [1.807, 2.05) is 59.2 Å². The van der Waals surface area contributed by atoms with Crippen LogP contribution in [0.1, 0.15) is 22.1 Å². The van der Waals surface area contributed by atoms with Gasteiger partial charge in [-0.25, -0.2) is 4.98 Å². The van der Waals surface area contributed by atoms with Crippen LogP contribution >= 0.6 is 11.8 Å². The van der Waals surface area contributed by atoms with E-state index in [4.69, 9.17) is 25.7 Å². The van der Waals surface area contributed by atoms with Crippen LogP contribution in [0.3, 0.4) is 0 Å². The normalized spacial score (nSPS) is 20.5. The van der Waals surface area contributed by atoms with Crippen LogP contribution in [0.2, 0.25) is 0 Å². The Morgan fingerprint density at radius 3 is 1.88 bits per heavy atom. The van der Waals surface area contributed by atoms with Crippen molar-refractivity contribution >= 4 is 34.7 Å². The maximum atomic E-state index is 6.67. The van der Waals surface area contributed by atoms with Gasteiger partial charge in [0, 0.05) is 0 Å². The second kappa shape index (κ2) is 12.7. The van der Waals surface area contributed by atoms with E-state index in [1.54, 1.807) is 18.1 Å². The first-order valence-corrected chi connectivity index (χ1v) is 14.4. The molecule has 0 amide bonds. The third kappa shape index (κ3) is 6.36. The predicted molar refractivity (Wildman–Crippen MR) is 161 cm³/mol. The number of nitrogens with two attached hydrogens (primary N) is 2. The van der Waals surface area contributed by atoms with Gasteiger partial charge in [0.05, 0.1) is 38.0 Å². The van der Waals surface area contributed by atoms with Crippen LogP contribution in [0.25, 0.3) is 11.2 Å². The first kappa shape index (κ1) is 27.2. The van der Waals surface area contributed by atoms with Crippen molar-refractivity contribution in [3.63, 3.8) is 0 Å². The van der Waals surface area contributed by atoms with E-state index < -0.39 is 0 Å². The molecule has 6 rings (SSSR count). The van der Waals surface area contributed by atoms with E-state index in [-0.39, 0.29) is 34.6 Å². The Labute approximate surface area is 242 Å². The zero-order chi connectivity index (χ0) is 28.0. The Kier molecular flexibility index (Phi) is 8.43. The van der Waals surface area contributed by atoms with Crippen LogP contribution in [0, 0.1) is 0 Å². The molecule has 2 aromatic heterocycles. The lowest BCUT2D eigenvalue weighted by atomic mass is 10.1. The van der Waals surface area contributed by atoms with E-state index in [0.29, 0.717) is 37.6 Å². The molecule has 0 saturated carbocycles. The summed E-state index contributed by atoms with van der Waals surface area (Å²) in [5.74, 6) is 0.344. The molecule has 0 bridgehead atoms. The van der Waals surface area contributed by atoms with Crippen molar-refractivity contribution in [1.29, 1.82) is 0 Å². The highest BCUT2D eigenvalue weighted by molar-refractivity contribution is 8.00. The number of nitrogens with zero attached hydrogens (tertiary/aromatic N) is 4. The number of aromatic nitrogens is 4. The lowest BCUT2D eigenvalue weighted by molar-refractivity contribution is -0.0913. The summed E-state index contributed by atoms with van der Waals surface area (Å²) < 4.78 is 21.5. The van der Waals surface area contributed by atoms with Crippen molar-refractivity contribution in [2.45, 2.75) is 42.7 Å². The molecule has 1 aliphatic heterocycles. The maximum Gasteiger partial charge on any atom is 0.224 e. The molecule has 10 heteroatoms. The van der Waals surface area contributed by atoms with Crippen LogP contribution in [0.4, 0.5) is 11.8 Å². The lowest BCUT2D eigenvalue weighted by Gasteiger charge is -2.27. The van der Waals surface area contributed by atoms with Crippen LogP contribution in [-0.4, -0.2) is 43.6 Å². The van der Waals surface area contributed by atoms with E-state index in [2.05, 4.69) is 51.4 Å². The van der Waals surface area contributed by atoms with Gasteiger partial charge in [-0.2, -0.15) is 9.97 Å². The van der Waals surface area contributed by atoms with Gasteiger partial charge in [0.2, 0.25) is 5.95 Å². The summed E-state index contributed by atoms with van der Waals surface area (Å²) in [7, 11) is 0. The Morgan fingerprint density at radius 1 is 0.707 bits per heavy atom. The maximum absolute atomic E-state index is 6.67. The van der Waals surface area contributed by atoms with Gasteiger partial charge in [-0.3, -0.25) is 4.57 Å². The van der Waals surface area contributed by atoms with Gasteiger partial charge in [-0.15, -0.1) is 11.8 Å². The summed E-state index contributed by atoms with van der Waals surface area (Å²) in [4.78, 5) is 13.1. The van der Waals surface area contributed by atoms with Crippen LogP contribution < -0.4 is 11.5 Å². The predicted octanol–water partition coefficient (Wildman–Crippen LogP) is 4.99. The molecule has 0 spiro atoms. The van der Waals surface area contributed by atoms with Crippen molar-refractivity contribution in [2.75, 3.05) is 18.1 Å². The molecule has 0 aliphatic carbocycles. The summed E-state index contributed by atoms with van der Waals surface area (Å²) in [6.45, 7) is 1.87. The SMILES string of the molecule is Nc1nc(N)c2ncn(C3S[C@H](COCc4ccccc4)[C@H](OCc4ccccc4)[C@H]3OCc3ccccc3)c2n1. The highest BCUT2D eigenvalue weighted by Gasteiger charge is 2.47. The molecular weight excluding hydrogens is 536 g/mol. The van der Waals surface area contributed by atoms with E-state index in [9.17, 15) is 0 Å². The standard InChI is InChI=1S/C31H32N6O3S/c32-28-25-29(36-31(33)35-28)37(20-34-25)30-27(40-18-23-14-8-3-9-15-23)26(39-17-22-12-6-2-7-13-22)24(41-30)19-38-16-21-10-4-1-5-11-21/h1-15,20,24,26-27,30H,16-19H2,(H4,32,33,35,36)/t24-,26+,27-,30?/m1/s1. The van der Waals surface area contributed by atoms with Gasteiger partial charge in [0.15, 0.2) is 11.5 Å². The van der Waals surface area contributed by atoms with Crippen molar-refractivity contribution < 1.29 is 14.2 Å². The molecule has 3 aromatic carbocycles. The fourth-order valence-corrected chi connectivity index (χ4v) is 6.58. The Morgan fingerprint density at radius 2 is 1.27 bits per heavy atom. The summed E-state index contributed by atoms with van der Waals surface area (Å²) in [6.07, 6.45) is 1.11. The van der Waals surface area contributed by atoms with Gasteiger partial charge in [-0.05, 0) is 16.7 Å². The Balaban J connectivity index is 1.31. The molecule has 0 radical (unpaired) electrons. The molecular formula is C31H32N6O3S. The number of imidazole rings is 1. The second-order valence-electron chi connectivity index (χ2n) is 9.88. The molecule has 1 aliphatic rings. The topological polar surface area (TPSA) is 123 Å². The molecule has 3 heterocycles. The Hall–Kier alpha value is -3.96. The van der Waals surface area contributed by atoms with E-state index in [0.717, 1.165) is 16.7 Å². The number of benzene rings is 3. The van der Waals surface area contributed by atoms with Gasteiger partial charge < -0.3 is 25.7 Å². The number of ether oxygens (including phenoxy) is 3. The van der Waals surface area contributed by atoms with Crippen molar-refractivity contribution in [2.24, 2.45) is 0 Å². The molecule has 1 unspecified atom stereocenters. The zero-order valence-electron chi connectivity index (χ0n) is 22.5. The minimum Gasteiger partial charge on any atom is -0.382 e. The van der Waals surface area contributed by atoms with Crippen LogP contribution in [0.15, 0.2) is 97.3 Å². The molecule has 5 aromatic rings. The van der Waals surface area contributed by atoms with Gasteiger partial charge >= 0.3 is 0 Å². The fourth-order valence-electron chi connectivity index (χ4n) is 4.99. The zero-order valence-corrected chi connectivity index (χ0v) is 23.3. The molecule has 4 atom stereocenters. The number of hydrogen-bond donors (Lipinski definition) is 2. The highest BCUT2D eigenvalue weighted by Crippen LogP contribution is 2.47. The average molecular weight is 569 g/mol. The number of nitrogen functional groups attached to an aromatic ring is 2. The van der Waals surface area contributed by atoms with E-state index in [1.165, 1.54) is 0 Å². The van der Waals surface area contributed by atoms with Gasteiger partial charge in [0.25, 0.3) is 0 Å². The third-order valence-corrected chi connectivity index (χ3v) is 8.52. The van der Waals surface area contributed by atoms with Gasteiger partial charge in [0.1, 0.15) is 23.1 Å². The molecule has 4 N–H and O–H groups in total. The summed E-state index contributed by atoms with van der Waals surface area (Å²) in [6, 6.07) is 30.4. The number of hydrogen-bond acceptors (Lipinski definition) is 9. The second-order valence-corrected chi connectivity index (χ2v) is 11.2. The smallest absolute Gasteiger partial charge is 0.224 e. The molecule has 1 fully saturated rings. The van der Waals surface area contributed by atoms with E-state index >= 15 is 0 Å². The highest BCUT2D eigenvalue weighted by atomic mass is 32.2. The molecule has 210 valence electrons. The molecule has 9 nitrogen and oxygen atoms in total. The quantitative estimate of drug-likeness (QED) is 0.227. The number of rotatable bonds is 11. The molecule has 1 saturated heterocycles. The fraction of sp³-hybridized carbons (Fsp3) is 0.258. The van der Waals surface area contributed by atoms with Crippen LogP contribution in [0.5, 0.6) is 0 Å². The van der Waals surface area contributed by atoms with Crippen LogP contribution in [-0.2, 0) is 34.0 Å². The number of anilines is 2. The average Bonchev–Trinajstić information content (AvgIpc) is 3.57. The summed E-state index contributed by atoms with van der Waals surface area (Å²) in [5, 5.41) is -0.245. The monoisotopic (exact) mass is 568 g/mol. The number of fused-ring (bicyclic) bond motifs is 1. The minimum absolute atomic E-state index is 0.0258. The minimum atomic E-state index is -0.343.